The smallest absolute Gasteiger partial charge is 0.284 e. The first-order chi connectivity index (χ1) is 15.4. The number of nitrogens with one attached hydrogen (secondary N) is 1. The lowest BCUT2D eigenvalue weighted by atomic mass is 10.2. The maximum atomic E-state index is 12.8. The highest BCUT2D eigenvalue weighted by Gasteiger charge is 2.19. The number of hydrogen-bond donors (Lipinski definition) is 1. The molecule has 1 aromatic heterocycles. The van der Waals surface area contributed by atoms with Crippen LogP contribution in [0.25, 0.3) is 17.2 Å². The summed E-state index contributed by atoms with van der Waals surface area (Å²) in [6.45, 7) is 0.789. The summed E-state index contributed by atoms with van der Waals surface area (Å²) in [6.07, 6.45) is 6.38. The molecule has 32 heavy (non-hydrogen) atoms. The highest BCUT2D eigenvalue weighted by Crippen LogP contribution is 2.20. The van der Waals surface area contributed by atoms with Crippen LogP contribution in [0.4, 0.5) is 5.69 Å². The van der Waals surface area contributed by atoms with Gasteiger partial charge in [-0.1, -0.05) is 24.6 Å². The van der Waals surface area contributed by atoms with Gasteiger partial charge >= 0.3 is 0 Å². The largest absolute Gasteiger partial charge is 0.437 e. The first-order valence-corrected chi connectivity index (χ1v) is 11.8. The average molecular weight is 453 g/mol. The fraction of sp³-hybridized carbons (Fsp3) is 0.261. The number of likely N-dealkylation sites (tertiary alicyclic amines) is 1. The molecule has 0 saturated carbocycles. The Hall–Kier alpha value is -3.46. The van der Waals surface area contributed by atoms with Crippen LogP contribution in [0, 0.1) is 0 Å². The second kappa shape index (κ2) is 9.35. The summed E-state index contributed by atoms with van der Waals surface area (Å²) < 4.78 is 35.3. The molecule has 1 aliphatic heterocycles. The summed E-state index contributed by atoms with van der Waals surface area (Å²) in [5, 5.41) is 2.66. The second-order valence-electron chi connectivity index (χ2n) is 7.59. The monoisotopic (exact) mass is 452 g/mol. The molecule has 1 N–H and O–H groups in total. The molecular formula is C23H24N4O4S. The third-order valence-corrected chi connectivity index (χ3v) is 6.45. The van der Waals surface area contributed by atoms with E-state index in [-0.39, 0.29) is 4.90 Å². The van der Waals surface area contributed by atoms with Crippen molar-refractivity contribution in [3.8, 4) is 0 Å². The molecule has 0 aliphatic carbocycles. The Balaban J connectivity index is 1.47. The molecule has 9 heteroatoms. The number of aromatic nitrogens is 1. The Kier molecular flexibility index (Phi) is 6.36. The van der Waals surface area contributed by atoms with E-state index >= 15 is 0 Å². The predicted octanol–water partition coefficient (Wildman–Crippen LogP) is 4.07. The van der Waals surface area contributed by atoms with Gasteiger partial charge in [0.25, 0.3) is 10.0 Å². The molecule has 0 bridgehead atoms. The van der Waals surface area contributed by atoms with E-state index < -0.39 is 15.9 Å². The van der Waals surface area contributed by atoms with E-state index in [9.17, 15) is 13.2 Å². The summed E-state index contributed by atoms with van der Waals surface area (Å²) >= 11 is 0. The fourth-order valence-electron chi connectivity index (χ4n) is 3.46. The normalized spacial score (nSPS) is 16.5. The van der Waals surface area contributed by atoms with Crippen molar-refractivity contribution in [3.63, 3.8) is 0 Å². The van der Waals surface area contributed by atoms with E-state index in [1.165, 1.54) is 24.3 Å². The van der Waals surface area contributed by atoms with Crippen LogP contribution in [-0.2, 0) is 14.8 Å². The van der Waals surface area contributed by atoms with Gasteiger partial charge in [0.2, 0.25) is 11.8 Å². The van der Waals surface area contributed by atoms with Crippen molar-refractivity contribution in [1.82, 2.24) is 9.88 Å². The van der Waals surface area contributed by atoms with Gasteiger partial charge < -0.3 is 14.6 Å². The minimum absolute atomic E-state index is 0.0309. The first-order valence-electron chi connectivity index (χ1n) is 10.4. The number of amides is 1. The molecule has 0 radical (unpaired) electrons. The number of sulfonamides is 1. The number of carbonyl (C=O) groups excluding carboxylic acids is 1. The van der Waals surface area contributed by atoms with E-state index in [2.05, 4.69) is 14.7 Å². The van der Waals surface area contributed by atoms with Crippen LogP contribution in [0.5, 0.6) is 0 Å². The molecule has 166 valence electrons. The van der Waals surface area contributed by atoms with Gasteiger partial charge in [-0.25, -0.2) is 4.98 Å². The van der Waals surface area contributed by atoms with Gasteiger partial charge in [0.15, 0.2) is 5.58 Å². The number of fused-ring (bicyclic) bond motifs is 1. The zero-order chi connectivity index (χ0) is 22.6. The molecule has 0 spiro atoms. The highest BCUT2D eigenvalue weighted by molar-refractivity contribution is 7.90. The summed E-state index contributed by atoms with van der Waals surface area (Å²) in [7, 11) is -2.02. The molecular weight excluding hydrogens is 428 g/mol. The van der Waals surface area contributed by atoms with Crippen LogP contribution in [0.2, 0.25) is 0 Å². The minimum Gasteiger partial charge on any atom is -0.437 e. The number of amidine groups is 1. The molecule has 3 aromatic rings. The number of hydrogen-bond acceptors (Lipinski definition) is 5. The molecule has 0 atom stereocenters. The van der Waals surface area contributed by atoms with Gasteiger partial charge in [-0.15, -0.1) is 4.40 Å². The van der Waals surface area contributed by atoms with Gasteiger partial charge in [-0.3, -0.25) is 4.79 Å². The Morgan fingerprint density at radius 1 is 1.16 bits per heavy atom. The quantitative estimate of drug-likeness (QED) is 0.585. The van der Waals surface area contributed by atoms with Gasteiger partial charge in [0.05, 0.1) is 4.90 Å². The van der Waals surface area contributed by atoms with Crippen LogP contribution in [-0.4, -0.2) is 43.6 Å². The lowest BCUT2D eigenvalue weighted by Crippen LogP contribution is -2.26. The maximum absolute atomic E-state index is 12.8. The SMILES string of the molecule is CN1CCCCC/C1=N/S(=O)(=O)c1cccc(NC(=O)/C=C/c2nc3ccccc3o2)c1. The molecule has 2 heterocycles. The molecule has 0 unspecified atom stereocenters. The van der Waals surface area contributed by atoms with E-state index in [0.717, 1.165) is 25.8 Å². The molecule has 8 nitrogen and oxygen atoms in total. The van der Waals surface area contributed by atoms with Gasteiger partial charge in [0, 0.05) is 37.9 Å². The lowest BCUT2D eigenvalue weighted by Gasteiger charge is -2.17. The van der Waals surface area contributed by atoms with Crippen molar-refractivity contribution in [2.24, 2.45) is 4.40 Å². The van der Waals surface area contributed by atoms with Crippen molar-refractivity contribution in [1.29, 1.82) is 0 Å². The first kappa shape index (κ1) is 21.8. The van der Waals surface area contributed by atoms with Crippen molar-refractivity contribution in [2.45, 2.75) is 30.6 Å². The third-order valence-electron chi connectivity index (χ3n) is 5.15. The molecule has 1 amide bonds. The summed E-state index contributed by atoms with van der Waals surface area (Å²) in [5.74, 6) is 0.441. The number of rotatable bonds is 5. The molecule has 1 fully saturated rings. The van der Waals surface area contributed by atoms with Crippen molar-refractivity contribution in [2.75, 3.05) is 18.9 Å². The molecule has 4 rings (SSSR count). The second-order valence-corrected chi connectivity index (χ2v) is 9.19. The van der Waals surface area contributed by atoms with Crippen LogP contribution >= 0.6 is 0 Å². The average Bonchev–Trinajstić information content (AvgIpc) is 3.09. The maximum Gasteiger partial charge on any atom is 0.284 e. The summed E-state index contributed by atoms with van der Waals surface area (Å²) in [6, 6.07) is 13.4. The number of anilines is 1. The standard InChI is InChI=1S/C23H24N4O4S/c1-27-15-6-2-3-12-21(27)26-32(29,30)18-9-7-8-17(16-18)24-22(28)13-14-23-25-19-10-4-5-11-20(19)31-23/h4-5,7-11,13-14,16H,2-3,6,12,15H2,1H3,(H,24,28)/b14-13+,26-21-. The number of benzene rings is 2. The predicted molar refractivity (Wildman–Crippen MR) is 124 cm³/mol. The number of carbonyl (C=O) groups is 1. The topological polar surface area (TPSA) is 105 Å². The van der Waals surface area contributed by atoms with Crippen LogP contribution < -0.4 is 5.32 Å². The summed E-state index contributed by atoms with van der Waals surface area (Å²) in [5.41, 5.74) is 1.69. The van der Waals surface area contributed by atoms with Gasteiger partial charge in [0.1, 0.15) is 11.4 Å². The van der Waals surface area contributed by atoms with Gasteiger partial charge in [-0.2, -0.15) is 8.42 Å². The fourth-order valence-corrected chi connectivity index (χ4v) is 4.60. The van der Waals surface area contributed by atoms with Crippen LogP contribution in [0.15, 0.2) is 68.3 Å². The van der Waals surface area contributed by atoms with Crippen molar-refractivity contribution in [3.05, 3.63) is 60.5 Å². The van der Waals surface area contributed by atoms with Crippen LogP contribution in [0.3, 0.4) is 0 Å². The third kappa shape index (κ3) is 5.23. The van der Waals surface area contributed by atoms with E-state index in [1.54, 1.807) is 18.2 Å². The Morgan fingerprint density at radius 3 is 2.84 bits per heavy atom. The molecule has 1 aliphatic rings. The Bertz CT molecular complexity index is 1260. The highest BCUT2D eigenvalue weighted by atomic mass is 32.2. The van der Waals surface area contributed by atoms with Crippen LogP contribution in [0.1, 0.15) is 31.6 Å². The van der Waals surface area contributed by atoms with Crippen molar-refractivity contribution >= 4 is 44.6 Å². The molecule has 1 saturated heterocycles. The zero-order valence-corrected chi connectivity index (χ0v) is 18.5. The number of oxazole rings is 1. The lowest BCUT2D eigenvalue weighted by molar-refractivity contribution is -0.111. The zero-order valence-electron chi connectivity index (χ0n) is 17.7. The summed E-state index contributed by atoms with van der Waals surface area (Å²) in [4.78, 5) is 18.5. The van der Waals surface area contributed by atoms with Gasteiger partial charge in [-0.05, 0) is 43.2 Å². The van der Waals surface area contributed by atoms with E-state index in [4.69, 9.17) is 4.42 Å². The van der Waals surface area contributed by atoms with E-state index in [1.807, 2.05) is 30.1 Å². The van der Waals surface area contributed by atoms with Crippen molar-refractivity contribution < 1.29 is 17.6 Å². The molecule has 2 aromatic carbocycles. The Labute approximate surface area is 186 Å². The van der Waals surface area contributed by atoms with E-state index in [0.29, 0.717) is 34.9 Å². The number of para-hydroxylation sites is 2. The Morgan fingerprint density at radius 2 is 2.00 bits per heavy atom. The number of nitrogens with zero attached hydrogens (tertiary/aromatic N) is 3. The minimum atomic E-state index is -3.89.